The Labute approximate surface area is 146 Å². The summed E-state index contributed by atoms with van der Waals surface area (Å²) in [7, 11) is 2.13. The molecule has 1 heterocycles. The molecule has 5 nitrogen and oxygen atoms in total. The third kappa shape index (κ3) is 6.13. The zero-order valence-electron chi connectivity index (χ0n) is 15.4. The van der Waals surface area contributed by atoms with Gasteiger partial charge >= 0.3 is 0 Å². The molecule has 0 spiro atoms. The molecule has 0 radical (unpaired) electrons. The number of rotatable bonds is 7. The Balaban J connectivity index is 1.69. The first-order chi connectivity index (χ1) is 11.4. The normalized spacial score (nSPS) is 19.5. The number of carbonyl (C=O) groups excluding carboxylic acids is 1. The molecule has 24 heavy (non-hydrogen) atoms. The summed E-state index contributed by atoms with van der Waals surface area (Å²) in [6.45, 7) is 10.4. The molecule has 0 aromatic heterocycles. The standard InChI is InChI=1S/C19H31N3O2/c1-15(2)24-18-7-5-17(6-8-18)9-10-20-19(23)14-22-12-11-21(4)13-16(22)3/h5-8,15-16H,9-14H2,1-4H3,(H,20,23). The van der Waals surface area contributed by atoms with Crippen LogP contribution in [0.1, 0.15) is 26.3 Å². The van der Waals surface area contributed by atoms with Crippen LogP contribution in [0.25, 0.3) is 0 Å². The first kappa shape index (κ1) is 18.7. The van der Waals surface area contributed by atoms with Gasteiger partial charge in [-0.1, -0.05) is 12.1 Å². The first-order valence-electron chi connectivity index (χ1n) is 8.89. The van der Waals surface area contributed by atoms with Crippen molar-refractivity contribution in [2.24, 2.45) is 0 Å². The smallest absolute Gasteiger partial charge is 0.234 e. The predicted molar refractivity (Wildman–Crippen MR) is 97.5 cm³/mol. The number of ether oxygens (including phenoxy) is 1. The molecule has 2 rings (SSSR count). The fourth-order valence-corrected chi connectivity index (χ4v) is 3.01. The first-order valence-corrected chi connectivity index (χ1v) is 8.89. The van der Waals surface area contributed by atoms with E-state index < -0.39 is 0 Å². The van der Waals surface area contributed by atoms with E-state index in [-0.39, 0.29) is 12.0 Å². The van der Waals surface area contributed by atoms with Gasteiger partial charge in [0.05, 0.1) is 12.6 Å². The quantitative estimate of drug-likeness (QED) is 0.826. The number of likely N-dealkylation sites (N-methyl/N-ethyl adjacent to an activating group) is 1. The Morgan fingerprint density at radius 3 is 2.62 bits per heavy atom. The third-order valence-corrected chi connectivity index (χ3v) is 4.35. The summed E-state index contributed by atoms with van der Waals surface area (Å²) in [5.41, 5.74) is 1.21. The molecule has 5 heteroatoms. The Kier molecular flexibility index (Phi) is 7.06. The second kappa shape index (κ2) is 9.04. The highest BCUT2D eigenvalue weighted by molar-refractivity contribution is 5.78. The van der Waals surface area contributed by atoms with Crippen LogP contribution in [-0.4, -0.2) is 67.6 Å². The van der Waals surface area contributed by atoms with E-state index in [1.807, 2.05) is 26.0 Å². The summed E-state index contributed by atoms with van der Waals surface area (Å²) < 4.78 is 5.64. The molecule has 1 amide bonds. The lowest BCUT2D eigenvalue weighted by molar-refractivity contribution is -0.123. The van der Waals surface area contributed by atoms with Gasteiger partial charge in [0.25, 0.3) is 0 Å². The highest BCUT2D eigenvalue weighted by atomic mass is 16.5. The van der Waals surface area contributed by atoms with Crippen LogP contribution in [0.15, 0.2) is 24.3 Å². The zero-order valence-corrected chi connectivity index (χ0v) is 15.4. The molecule has 1 aliphatic heterocycles. The van der Waals surface area contributed by atoms with E-state index in [0.717, 1.165) is 31.8 Å². The largest absolute Gasteiger partial charge is 0.491 e. The van der Waals surface area contributed by atoms with Crippen molar-refractivity contribution >= 4 is 5.91 Å². The number of piperazine rings is 1. The van der Waals surface area contributed by atoms with E-state index in [0.29, 0.717) is 19.1 Å². The van der Waals surface area contributed by atoms with Gasteiger partial charge in [-0.15, -0.1) is 0 Å². The fourth-order valence-electron chi connectivity index (χ4n) is 3.01. The van der Waals surface area contributed by atoms with E-state index in [2.05, 4.69) is 41.2 Å². The summed E-state index contributed by atoms with van der Waals surface area (Å²) >= 11 is 0. The van der Waals surface area contributed by atoms with E-state index >= 15 is 0 Å². The van der Waals surface area contributed by atoms with Crippen LogP contribution >= 0.6 is 0 Å². The lowest BCUT2D eigenvalue weighted by Crippen LogP contribution is -2.53. The minimum atomic E-state index is 0.117. The number of hydrogen-bond donors (Lipinski definition) is 1. The molecule has 0 aliphatic carbocycles. The lowest BCUT2D eigenvalue weighted by atomic mass is 10.1. The predicted octanol–water partition coefficient (Wildman–Crippen LogP) is 1.77. The van der Waals surface area contributed by atoms with E-state index in [4.69, 9.17) is 4.74 Å². The number of nitrogens with one attached hydrogen (secondary N) is 1. The van der Waals surface area contributed by atoms with E-state index in [9.17, 15) is 4.79 Å². The van der Waals surface area contributed by atoms with Gasteiger partial charge in [-0.3, -0.25) is 9.69 Å². The molecule has 1 aromatic carbocycles. The summed E-state index contributed by atoms with van der Waals surface area (Å²) in [6.07, 6.45) is 1.03. The van der Waals surface area contributed by atoms with Crippen molar-refractivity contribution in [3.8, 4) is 5.75 Å². The van der Waals surface area contributed by atoms with Gasteiger partial charge in [0, 0.05) is 32.2 Å². The van der Waals surface area contributed by atoms with Gasteiger partial charge in [-0.25, -0.2) is 0 Å². The summed E-state index contributed by atoms with van der Waals surface area (Å²) in [5, 5.41) is 3.03. The summed E-state index contributed by atoms with van der Waals surface area (Å²) in [6, 6.07) is 8.54. The average molecular weight is 333 g/mol. The van der Waals surface area contributed by atoms with Crippen molar-refractivity contribution in [2.75, 3.05) is 39.8 Å². The monoisotopic (exact) mass is 333 g/mol. The fraction of sp³-hybridized carbons (Fsp3) is 0.632. The minimum Gasteiger partial charge on any atom is -0.491 e. The lowest BCUT2D eigenvalue weighted by Gasteiger charge is -2.37. The van der Waals surface area contributed by atoms with Crippen molar-refractivity contribution in [3.63, 3.8) is 0 Å². The van der Waals surface area contributed by atoms with Gasteiger partial charge in [0.1, 0.15) is 5.75 Å². The molecule has 0 saturated carbocycles. The molecule has 1 aliphatic rings. The van der Waals surface area contributed by atoms with Crippen LogP contribution in [-0.2, 0) is 11.2 Å². The van der Waals surface area contributed by atoms with Gasteiger partial charge in [-0.05, 0) is 51.9 Å². The number of amides is 1. The van der Waals surface area contributed by atoms with Crippen LogP contribution in [0.4, 0.5) is 0 Å². The highest BCUT2D eigenvalue weighted by Gasteiger charge is 2.22. The van der Waals surface area contributed by atoms with Gasteiger partial charge in [0.15, 0.2) is 0 Å². The molecule has 1 saturated heterocycles. The van der Waals surface area contributed by atoms with Crippen molar-refractivity contribution < 1.29 is 9.53 Å². The molecule has 0 bridgehead atoms. The maximum absolute atomic E-state index is 12.1. The SMILES string of the molecule is CC(C)Oc1ccc(CCNC(=O)CN2CCN(C)CC2C)cc1. The molecule has 1 fully saturated rings. The van der Waals surface area contributed by atoms with Crippen LogP contribution in [0.2, 0.25) is 0 Å². The number of benzene rings is 1. The molecule has 1 N–H and O–H groups in total. The molecular formula is C19H31N3O2. The van der Waals surface area contributed by atoms with Gasteiger partial charge in [-0.2, -0.15) is 0 Å². The molecule has 1 aromatic rings. The third-order valence-electron chi connectivity index (χ3n) is 4.35. The summed E-state index contributed by atoms with van der Waals surface area (Å²) in [4.78, 5) is 16.7. The molecule has 1 unspecified atom stereocenters. The Bertz CT molecular complexity index is 516. The number of nitrogens with zero attached hydrogens (tertiary/aromatic N) is 2. The van der Waals surface area contributed by atoms with Crippen molar-refractivity contribution in [1.29, 1.82) is 0 Å². The number of carbonyl (C=O) groups is 1. The van der Waals surface area contributed by atoms with Crippen LogP contribution in [0, 0.1) is 0 Å². The van der Waals surface area contributed by atoms with Crippen LogP contribution < -0.4 is 10.1 Å². The zero-order chi connectivity index (χ0) is 17.5. The van der Waals surface area contributed by atoms with E-state index in [1.54, 1.807) is 0 Å². The van der Waals surface area contributed by atoms with Crippen LogP contribution in [0.5, 0.6) is 5.75 Å². The number of hydrogen-bond acceptors (Lipinski definition) is 4. The van der Waals surface area contributed by atoms with Crippen LogP contribution in [0.3, 0.4) is 0 Å². The second-order valence-electron chi connectivity index (χ2n) is 6.99. The summed E-state index contributed by atoms with van der Waals surface area (Å²) in [5.74, 6) is 1.01. The second-order valence-corrected chi connectivity index (χ2v) is 6.99. The van der Waals surface area contributed by atoms with Crippen molar-refractivity contribution in [3.05, 3.63) is 29.8 Å². The Hall–Kier alpha value is -1.59. The maximum atomic E-state index is 12.1. The Morgan fingerprint density at radius 1 is 1.29 bits per heavy atom. The average Bonchev–Trinajstić information content (AvgIpc) is 2.51. The van der Waals surface area contributed by atoms with E-state index in [1.165, 1.54) is 5.56 Å². The topological polar surface area (TPSA) is 44.8 Å². The minimum absolute atomic E-state index is 0.117. The van der Waals surface area contributed by atoms with Gasteiger partial charge in [0.2, 0.25) is 5.91 Å². The van der Waals surface area contributed by atoms with Gasteiger partial charge < -0.3 is 15.0 Å². The Morgan fingerprint density at radius 2 is 2.00 bits per heavy atom. The molecule has 1 atom stereocenters. The molecular weight excluding hydrogens is 302 g/mol. The van der Waals surface area contributed by atoms with Crippen molar-refractivity contribution in [1.82, 2.24) is 15.1 Å². The highest BCUT2D eigenvalue weighted by Crippen LogP contribution is 2.14. The van der Waals surface area contributed by atoms with Crippen molar-refractivity contribution in [2.45, 2.75) is 39.3 Å². The molecule has 134 valence electrons. The maximum Gasteiger partial charge on any atom is 0.234 e.